The Bertz CT molecular complexity index is 1030. The van der Waals surface area contributed by atoms with Gasteiger partial charge in [-0.05, 0) is 54.8 Å². The molecule has 0 aliphatic heterocycles. The van der Waals surface area contributed by atoms with E-state index in [-0.39, 0.29) is 23.3 Å². The maximum atomic E-state index is 13.7. The normalized spacial score (nSPS) is 10.7. The maximum Gasteiger partial charge on any atom is 0.316 e. The second-order valence-corrected chi connectivity index (χ2v) is 6.23. The van der Waals surface area contributed by atoms with Gasteiger partial charge in [-0.25, -0.2) is 8.78 Å². The molecule has 140 valence electrons. The Kier molecular flexibility index (Phi) is 5.21. The molecule has 7 heteroatoms. The number of hydrogen-bond acceptors (Lipinski definition) is 4. The molecule has 1 aromatic heterocycles. The number of anilines is 2. The third-order valence-corrected chi connectivity index (χ3v) is 4.20. The summed E-state index contributed by atoms with van der Waals surface area (Å²) in [7, 11) is 1.39. The Morgan fingerprint density at radius 3 is 2.48 bits per heavy atom. The number of methoxy groups -OCH3 is 1. The van der Waals surface area contributed by atoms with E-state index in [2.05, 4.69) is 10.3 Å². The molecule has 0 bridgehead atoms. The second kappa shape index (κ2) is 7.57. The summed E-state index contributed by atoms with van der Waals surface area (Å²) >= 11 is 0. The summed E-state index contributed by atoms with van der Waals surface area (Å²) in [6.45, 7) is 3.76. The van der Waals surface area contributed by atoms with Crippen molar-refractivity contribution in [2.75, 3.05) is 12.4 Å². The van der Waals surface area contributed by atoms with E-state index >= 15 is 0 Å². The lowest BCUT2D eigenvalue weighted by Crippen LogP contribution is -2.19. The van der Waals surface area contributed by atoms with Gasteiger partial charge in [-0.15, -0.1) is 0 Å². The Morgan fingerprint density at radius 1 is 1.11 bits per heavy atom. The first-order chi connectivity index (χ1) is 12.9. The predicted molar refractivity (Wildman–Crippen MR) is 99.7 cm³/mol. The molecule has 0 aliphatic carbocycles. The van der Waals surface area contributed by atoms with Crippen molar-refractivity contribution in [2.45, 2.75) is 20.4 Å². The van der Waals surface area contributed by atoms with Crippen molar-refractivity contribution in [3.8, 4) is 5.75 Å². The number of nitrogens with zero attached hydrogens (tertiary/aromatic N) is 2. The van der Waals surface area contributed by atoms with Crippen LogP contribution < -0.4 is 15.6 Å². The van der Waals surface area contributed by atoms with Crippen LogP contribution in [0.2, 0.25) is 0 Å². The number of nitrogens with one attached hydrogen (secondary N) is 1. The summed E-state index contributed by atoms with van der Waals surface area (Å²) in [5.74, 6) is -0.261. The van der Waals surface area contributed by atoms with E-state index in [4.69, 9.17) is 4.74 Å². The molecule has 3 rings (SSSR count). The molecule has 27 heavy (non-hydrogen) atoms. The average molecular weight is 371 g/mol. The topological polar surface area (TPSA) is 56.1 Å². The van der Waals surface area contributed by atoms with E-state index in [0.29, 0.717) is 23.4 Å². The number of halogens is 2. The van der Waals surface area contributed by atoms with Crippen molar-refractivity contribution in [3.05, 3.63) is 81.3 Å². The highest BCUT2D eigenvalue weighted by molar-refractivity contribution is 5.60. The minimum atomic E-state index is -0.521. The molecule has 0 aliphatic rings. The number of ether oxygens (including phenoxy) is 1. The Labute approximate surface area is 155 Å². The first-order valence-electron chi connectivity index (χ1n) is 8.31. The Balaban J connectivity index is 2.03. The van der Waals surface area contributed by atoms with E-state index in [0.717, 1.165) is 5.56 Å². The summed E-state index contributed by atoms with van der Waals surface area (Å²) in [5, 5.41) is 3.09. The second-order valence-electron chi connectivity index (χ2n) is 6.23. The molecular weight excluding hydrogens is 352 g/mol. The zero-order chi connectivity index (χ0) is 19.6. The van der Waals surface area contributed by atoms with E-state index in [1.54, 1.807) is 36.6 Å². The molecule has 0 fully saturated rings. The van der Waals surface area contributed by atoms with Crippen LogP contribution in [0, 0.1) is 25.5 Å². The van der Waals surface area contributed by atoms with Crippen molar-refractivity contribution in [1.29, 1.82) is 0 Å². The number of rotatable bonds is 5. The van der Waals surface area contributed by atoms with E-state index in [9.17, 15) is 13.6 Å². The van der Waals surface area contributed by atoms with Crippen LogP contribution in [0.4, 0.5) is 20.4 Å². The van der Waals surface area contributed by atoms with Crippen LogP contribution in [-0.2, 0) is 6.54 Å². The average Bonchev–Trinajstić information content (AvgIpc) is 2.63. The Hall–Kier alpha value is -3.22. The van der Waals surface area contributed by atoms with Gasteiger partial charge in [0.15, 0.2) is 0 Å². The van der Waals surface area contributed by atoms with Crippen LogP contribution in [0.25, 0.3) is 0 Å². The summed E-state index contributed by atoms with van der Waals surface area (Å²) in [4.78, 5) is 16.2. The third kappa shape index (κ3) is 4.13. The lowest BCUT2D eigenvalue weighted by Gasteiger charge is -2.17. The quantitative estimate of drug-likeness (QED) is 0.738. The fourth-order valence-corrected chi connectivity index (χ4v) is 2.66. The van der Waals surface area contributed by atoms with Crippen LogP contribution in [0.15, 0.2) is 47.4 Å². The van der Waals surface area contributed by atoms with Gasteiger partial charge >= 0.3 is 5.56 Å². The summed E-state index contributed by atoms with van der Waals surface area (Å²) in [5.41, 5.74) is 2.09. The van der Waals surface area contributed by atoms with Crippen LogP contribution in [-0.4, -0.2) is 16.7 Å². The first-order valence-corrected chi connectivity index (χ1v) is 8.31. The maximum absolute atomic E-state index is 13.7. The Morgan fingerprint density at radius 2 is 1.81 bits per heavy atom. The zero-order valence-electron chi connectivity index (χ0n) is 15.2. The number of hydrogen-bond donors (Lipinski definition) is 1. The van der Waals surface area contributed by atoms with Crippen molar-refractivity contribution < 1.29 is 13.5 Å². The van der Waals surface area contributed by atoms with Crippen molar-refractivity contribution in [2.24, 2.45) is 0 Å². The van der Waals surface area contributed by atoms with Gasteiger partial charge in [0.2, 0.25) is 11.7 Å². The van der Waals surface area contributed by atoms with Crippen molar-refractivity contribution in [3.63, 3.8) is 0 Å². The van der Waals surface area contributed by atoms with Crippen LogP contribution in [0.1, 0.15) is 16.7 Å². The van der Waals surface area contributed by atoms with Gasteiger partial charge < -0.3 is 14.6 Å². The number of benzene rings is 2. The van der Waals surface area contributed by atoms with Gasteiger partial charge in [-0.1, -0.05) is 12.1 Å². The van der Waals surface area contributed by atoms with Crippen LogP contribution in [0.3, 0.4) is 0 Å². The van der Waals surface area contributed by atoms with E-state index in [1.807, 2.05) is 0 Å². The predicted octanol–water partition coefficient (Wildman–Crippen LogP) is 3.94. The minimum Gasteiger partial charge on any atom is -0.490 e. The third-order valence-electron chi connectivity index (χ3n) is 4.20. The molecule has 0 spiro atoms. The smallest absolute Gasteiger partial charge is 0.316 e. The van der Waals surface area contributed by atoms with E-state index in [1.165, 1.54) is 31.5 Å². The highest BCUT2D eigenvalue weighted by Crippen LogP contribution is 2.23. The van der Waals surface area contributed by atoms with Gasteiger partial charge in [0.25, 0.3) is 0 Å². The SMILES string of the molecule is COc1cn(Cc2ccc(F)cc2)c(Nc2cc(C)c(F)cc2C)nc1=O. The molecule has 0 amide bonds. The first kappa shape index (κ1) is 18.6. The zero-order valence-corrected chi connectivity index (χ0v) is 15.2. The number of aryl methyl sites for hydroxylation is 2. The molecule has 0 unspecified atom stereocenters. The van der Waals surface area contributed by atoms with Gasteiger partial charge in [0, 0.05) is 5.69 Å². The van der Waals surface area contributed by atoms with Crippen LogP contribution in [0.5, 0.6) is 5.75 Å². The molecule has 2 aromatic carbocycles. The summed E-state index contributed by atoms with van der Waals surface area (Å²) in [6, 6.07) is 9.10. The fourth-order valence-electron chi connectivity index (χ4n) is 2.66. The fraction of sp³-hybridized carbons (Fsp3) is 0.200. The lowest BCUT2D eigenvalue weighted by molar-refractivity contribution is 0.402. The van der Waals surface area contributed by atoms with Gasteiger partial charge in [0.1, 0.15) is 11.6 Å². The molecule has 5 nitrogen and oxygen atoms in total. The monoisotopic (exact) mass is 371 g/mol. The molecule has 3 aromatic rings. The number of aromatic nitrogens is 2. The summed E-state index contributed by atoms with van der Waals surface area (Å²) in [6.07, 6.45) is 1.53. The lowest BCUT2D eigenvalue weighted by atomic mass is 10.1. The van der Waals surface area contributed by atoms with Crippen molar-refractivity contribution >= 4 is 11.6 Å². The summed E-state index contributed by atoms with van der Waals surface area (Å²) < 4.78 is 33.6. The molecule has 0 saturated carbocycles. The van der Waals surface area contributed by atoms with Crippen molar-refractivity contribution in [1.82, 2.24) is 9.55 Å². The largest absolute Gasteiger partial charge is 0.490 e. The molecule has 0 atom stereocenters. The van der Waals surface area contributed by atoms with Gasteiger partial charge in [-0.2, -0.15) is 4.98 Å². The van der Waals surface area contributed by atoms with Gasteiger partial charge in [-0.3, -0.25) is 4.79 Å². The molecule has 1 heterocycles. The van der Waals surface area contributed by atoms with Crippen LogP contribution >= 0.6 is 0 Å². The van der Waals surface area contributed by atoms with Gasteiger partial charge in [0.05, 0.1) is 19.9 Å². The molecular formula is C20H19F2N3O2. The highest BCUT2D eigenvalue weighted by Gasteiger charge is 2.12. The minimum absolute atomic E-state index is 0.0923. The molecule has 0 saturated heterocycles. The van der Waals surface area contributed by atoms with E-state index < -0.39 is 5.56 Å². The highest BCUT2D eigenvalue weighted by atomic mass is 19.1. The molecule has 1 N–H and O–H groups in total. The molecule has 0 radical (unpaired) electrons. The standard InChI is InChI=1S/C20H19F2N3O2/c1-12-9-17(13(2)8-16(12)22)23-20-24-19(26)18(27-3)11-25(20)10-14-4-6-15(21)7-5-14/h4-9,11H,10H2,1-3H3,(H,23,24,26).